The summed E-state index contributed by atoms with van der Waals surface area (Å²) in [5.41, 5.74) is 5.94. The van der Waals surface area contributed by atoms with Gasteiger partial charge in [-0.1, -0.05) is 6.92 Å². The molecule has 2 atom stereocenters. The van der Waals surface area contributed by atoms with Gasteiger partial charge in [-0.15, -0.1) is 11.3 Å². The molecule has 2 N–H and O–H groups in total. The van der Waals surface area contributed by atoms with Gasteiger partial charge in [0.15, 0.2) is 0 Å². The topological polar surface area (TPSA) is 63.4 Å². The summed E-state index contributed by atoms with van der Waals surface area (Å²) in [7, 11) is -3.38. The molecule has 0 saturated carbocycles. The fourth-order valence-corrected chi connectivity index (χ4v) is 5.81. The second-order valence-corrected chi connectivity index (χ2v) is 8.25. The summed E-state index contributed by atoms with van der Waals surface area (Å²) in [6.45, 7) is 3.03. The largest absolute Gasteiger partial charge is 0.326 e. The van der Waals surface area contributed by atoms with E-state index in [9.17, 15) is 8.42 Å². The van der Waals surface area contributed by atoms with Gasteiger partial charge in [0.25, 0.3) is 10.0 Å². The minimum Gasteiger partial charge on any atom is -0.326 e. The molecule has 7 heteroatoms. The maximum Gasteiger partial charge on any atom is 0.253 e. The van der Waals surface area contributed by atoms with Gasteiger partial charge in [0.1, 0.15) is 4.21 Å². The highest BCUT2D eigenvalue weighted by Gasteiger charge is 2.33. The Labute approximate surface area is 114 Å². The lowest BCUT2D eigenvalue weighted by molar-refractivity contribution is 0.253. The number of piperidine rings is 1. The Bertz CT molecular complexity index is 500. The van der Waals surface area contributed by atoms with E-state index in [1.807, 2.05) is 0 Å². The Morgan fingerprint density at radius 1 is 1.59 bits per heavy atom. The van der Waals surface area contributed by atoms with Crippen LogP contribution in [0.4, 0.5) is 0 Å². The van der Waals surface area contributed by atoms with E-state index in [-0.39, 0.29) is 6.04 Å². The molecule has 96 valence electrons. The average molecular weight is 339 g/mol. The van der Waals surface area contributed by atoms with Crippen molar-refractivity contribution in [3.05, 3.63) is 15.9 Å². The molecule has 2 heterocycles. The van der Waals surface area contributed by atoms with E-state index in [4.69, 9.17) is 5.73 Å². The van der Waals surface area contributed by atoms with Crippen LogP contribution in [0.5, 0.6) is 0 Å². The highest BCUT2D eigenvalue weighted by molar-refractivity contribution is 9.10. The van der Waals surface area contributed by atoms with Crippen LogP contribution in [0.15, 0.2) is 20.1 Å². The fourth-order valence-electron chi connectivity index (χ4n) is 1.87. The van der Waals surface area contributed by atoms with Crippen LogP contribution in [0.2, 0.25) is 0 Å². The van der Waals surface area contributed by atoms with Crippen molar-refractivity contribution in [1.29, 1.82) is 0 Å². The van der Waals surface area contributed by atoms with Crippen LogP contribution in [0, 0.1) is 5.92 Å². The van der Waals surface area contributed by atoms with Gasteiger partial charge < -0.3 is 5.73 Å². The van der Waals surface area contributed by atoms with Crippen LogP contribution in [-0.2, 0) is 10.0 Å². The monoisotopic (exact) mass is 338 g/mol. The smallest absolute Gasteiger partial charge is 0.253 e. The third-order valence-electron chi connectivity index (χ3n) is 3.14. The Kier molecular flexibility index (Phi) is 3.94. The quantitative estimate of drug-likeness (QED) is 0.895. The Balaban J connectivity index is 2.26. The number of halogens is 1. The van der Waals surface area contributed by atoms with Gasteiger partial charge in [0, 0.05) is 23.6 Å². The van der Waals surface area contributed by atoms with E-state index in [0.717, 1.165) is 6.42 Å². The molecule has 1 aliphatic rings. The van der Waals surface area contributed by atoms with Crippen molar-refractivity contribution in [2.24, 2.45) is 11.7 Å². The molecule has 2 unspecified atom stereocenters. The Hall–Kier alpha value is 0.0500. The van der Waals surface area contributed by atoms with Gasteiger partial charge in [0.2, 0.25) is 0 Å². The molecule has 4 nitrogen and oxygen atoms in total. The average Bonchev–Trinajstić information content (AvgIpc) is 2.69. The minimum absolute atomic E-state index is 0.0720. The lowest BCUT2D eigenvalue weighted by atomic mass is 9.96. The third kappa shape index (κ3) is 2.58. The third-order valence-corrected chi connectivity index (χ3v) is 7.65. The SMILES string of the molecule is CC1CCN(S(=O)(=O)c2sccc2Br)CC1N. The molecule has 1 aromatic heterocycles. The first-order valence-corrected chi connectivity index (χ1v) is 8.53. The molecule has 2 rings (SSSR count). The molecule has 0 spiro atoms. The molecule has 0 bridgehead atoms. The molecule has 1 aromatic rings. The molecule has 0 amide bonds. The van der Waals surface area contributed by atoms with Gasteiger partial charge in [-0.2, -0.15) is 4.31 Å². The molecule has 1 aliphatic heterocycles. The second kappa shape index (κ2) is 4.97. The van der Waals surface area contributed by atoms with Gasteiger partial charge >= 0.3 is 0 Å². The van der Waals surface area contributed by atoms with Crippen LogP contribution in [0.25, 0.3) is 0 Å². The summed E-state index contributed by atoms with van der Waals surface area (Å²) >= 11 is 4.50. The lowest BCUT2D eigenvalue weighted by Crippen LogP contribution is -2.49. The Morgan fingerprint density at radius 3 is 2.82 bits per heavy atom. The molecular weight excluding hydrogens is 324 g/mol. The number of rotatable bonds is 2. The predicted octanol–water partition coefficient (Wildman–Crippen LogP) is 1.87. The van der Waals surface area contributed by atoms with Crippen LogP contribution < -0.4 is 5.73 Å². The maximum absolute atomic E-state index is 12.4. The highest BCUT2D eigenvalue weighted by atomic mass is 79.9. The van der Waals surface area contributed by atoms with Gasteiger partial charge in [-0.3, -0.25) is 0 Å². The maximum atomic E-state index is 12.4. The molecule has 0 aliphatic carbocycles. The summed E-state index contributed by atoms with van der Waals surface area (Å²) in [6.07, 6.45) is 0.823. The zero-order chi connectivity index (χ0) is 12.6. The van der Waals surface area contributed by atoms with Gasteiger partial charge in [-0.05, 0) is 39.7 Å². The van der Waals surface area contributed by atoms with E-state index in [1.165, 1.54) is 15.6 Å². The second-order valence-electron chi connectivity index (χ2n) is 4.35. The van der Waals surface area contributed by atoms with Crippen molar-refractivity contribution in [3.63, 3.8) is 0 Å². The number of hydrogen-bond donors (Lipinski definition) is 1. The van der Waals surface area contributed by atoms with Crippen LogP contribution in [0.3, 0.4) is 0 Å². The lowest BCUT2D eigenvalue weighted by Gasteiger charge is -2.33. The van der Waals surface area contributed by atoms with Crippen molar-refractivity contribution >= 4 is 37.3 Å². The first-order valence-electron chi connectivity index (χ1n) is 5.41. The zero-order valence-corrected chi connectivity index (χ0v) is 12.7. The number of nitrogens with zero attached hydrogens (tertiary/aromatic N) is 1. The number of hydrogen-bond acceptors (Lipinski definition) is 4. The first-order chi connectivity index (χ1) is 7.93. The number of nitrogens with two attached hydrogens (primary N) is 1. The van der Waals surface area contributed by atoms with Crippen LogP contribution in [-0.4, -0.2) is 31.9 Å². The molecule has 17 heavy (non-hydrogen) atoms. The summed E-state index contributed by atoms with van der Waals surface area (Å²) < 4.78 is 27.2. The molecule has 0 radical (unpaired) electrons. The van der Waals surface area contributed by atoms with Crippen molar-refractivity contribution in [2.75, 3.05) is 13.1 Å². The fraction of sp³-hybridized carbons (Fsp3) is 0.600. The van der Waals surface area contributed by atoms with Crippen molar-refractivity contribution in [3.8, 4) is 0 Å². The number of sulfonamides is 1. The van der Waals surface area contributed by atoms with Crippen LogP contribution in [0.1, 0.15) is 13.3 Å². The molecule has 1 saturated heterocycles. The van der Waals surface area contributed by atoms with Gasteiger partial charge in [0.05, 0.1) is 0 Å². The molecule has 1 fully saturated rings. The van der Waals surface area contributed by atoms with E-state index >= 15 is 0 Å². The van der Waals surface area contributed by atoms with Crippen molar-refractivity contribution in [1.82, 2.24) is 4.31 Å². The predicted molar refractivity (Wildman–Crippen MR) is 72.5 cm³/mol. The summed E-state index contributed by atoms with van der Waals surface area (Å²) in [4.78, 5) is 0. The molecule has 0 aromatic carbocycles. The highest BCUT2D eigenvalue weighted by Crippen LogP contribution is 2.32. The first kappa shape index (κ1) is 13.5. The summed E-state index contributed by atoms with van der Waals surface area (Å²) in [5, 5.41) is 1.77. The minimum atomic E-state index is -3.38. The molecular formula is C10H15BrN2O2S2. The standard InChI is InChI=1S/C10H15BrN2O2S2/c1-7-2-4-13(6-9(7)12)17(14,15)10-8(11)3-5-16-10/h3,5,7,9H,2,4,6,12H2,1H3. The van der Waals surface area contributed by atoms with E-state index in [0.29, 0.717) is 27.7 Å². The number of thiophene rings is 1. The van der Waals surface area contributed by atoms with E-state index in [2.05, 4.69) is 22.9 Å². The van der Waals surface area contributed by atoms with E-state index < -0.39 is 10.0 Å². The van der Waals surface area contributed by atoms with Crippen LogP contribution >= 0.6 is 27.3 Å². The summed E-state index contributed by atoms with van der Waals surface area (Å²) in [6, 6.07) is 1.68. The van der Waals surface area contributed by atoms with Crippen molar-refractivity contribution < 1.29 is 8.42 Å². The normalized spacial score (nSPS) is 27.2. The van der Waals surface area contributed by atoms with Gasteiger partial charge in [-0.25, -0.2) is 8.42 Å². The van der Waals surface area contributed by atoms with Crippen molar-refractivity contribution in [2.45, 2.75) is 23.6 Å². The zero-order valence-electron chi connectivity index (χ0n) is 9.47. The summed E-state index contributed by atoms with van der Waals surface area (Å²) in [5.74, 6) is 0.383. The van der Waals surface area contributed by atoms with E-state index in [1.54, 1.807) is 11.4 Å². The Morgan fingerprint density at radius 2 is 2.29 bits per heavy atom.